The van der Waals surface area contributed by atoms with Crippen LogP contribution in [-0.4, -0.2) is 45.0 Å². The van der Waals surface area contributed by atoms with Crippen LogP contribution in [0.3, 0.4) is 0 Å². The first kappa shape index (κ1) is 18.5. The number of fused-ring (bicyclic) bond motifs is 1. The molecule has 27 heavy (non-hydrogen) atoms. The van der Waals surface area contributed by atoms with E-state index in [0.717, 1.165) is 18.4 Å². The van der Waals surface area contributed by atoms with Crippen molar-refractivity contribution in [3.63, 3.8) is 0 Å². The van der Waals surface area contributed by atoms with Crippen LogP contribution in [0.1, 0.15) is 10.4 Å². The van der Waals surface area contributed by atoms with Crippen LogP contribution < -0.4 is 9.80 Å². The van der Waals surface area contributed by atoms with E-state index in [2.05, 4.69) is 0 Å². The van der Waals surface area contributed by atoms with Gasteiger partial charge in [0.15, 0.2) is 9.84 Å². The summed E-state index contributed by atoms with van der Waals surface area (Å²) in [6.07, 6.45) is 0.853. The molecule has 2 aromatic carbocycles. The number of nitrogens with zero attached hydrogens (tertiary/aromatic N) is 3. The Hall–Kier alpha value is -3.27. The first-order chi connectivity index (χ1) is 12.6. The van der Waals surface area contributed by atoms with Gasteiger partial charge in [-0.2, -0.15) is 0 Å². The molecule has 1 aliphatic rings. The van der Waals surface area contributed by atoms with E-state index < -0.39 is 31.3 Å². The third-order valence-corrected chi connectivity index (χ3v) is 5.39. The second-order valence-electron chi connectivity index (χ2n) is 6.04. The Bertz CT molecular complexity index is 1080. The number of anilines is 2. The van der Waals surface area contributed by atoms with E-state index in [1.54, 1.807) is 31.3 Å². The molecule has 10 heteroatoms. The molecule has 0 saturated heterocycles. The molecule has 1 heterocycles. The Kier molecular flexibility index (Phi) is 4.44. The molecule has 0 aliphatic carbocycles. The van der Waals surface area contributed by atoms with Crippen molar-refractivity contribution in [1.82, 2.24) is 0 Å². The van der Waals surface area contributed by atoms with E-state index in [1.807, 2.05) is 0 Å². The molecule has 9 nitrogen and oxygen atoms in total. The summed E-state index contributed by atoms with van der Waals surface area (Å²) in [6.45, 7) is -0.228. The van der Waals surface area contributed by atoms with E-state index in [9.17, 15) is 28.1 Å². The SMILES string of the molecule is CN1C(=O)CN(C(=O)c2ccc(S(C)(=O)=O)c([N+](=O)[O-])c2)c2ccccc21. The number of amides is 2. The van der Waals surface area contributed by atoms with Crippen molar-refractivity contribution >= 4 is 38.7 Å². The van der Waals surface area contributed by atoms with Gasteiger partial charge in [-0.05, 0) is 24.3 Å². The Labute approximate surface area is 154 Å². The minimum Gasteiger partial charge on any atom is -0.312 e. The van der Waals surface area contributed by atoms with Crippen LogP contribution in [0.15, 0.2) is 47.4 Å². The molecule has 0 aromatic heterocycles. The van der Waals surface area contributed by atoms with Crippen molar-refractivity contribution < 1.29 is 22.9 Å². The van der Waals surface area contributed by atoms with Gasteiger partial charge in [0.05, 0.1) is 16.3 Å². The fourth-order valence-electron chi connectivity index (χ4n) is 2.88. The highest BCUT2D eigenvalue weighted by atomic mass is 32.2. The maximum absolute atomic E-state index is 12.9. The maximum atomic E-state index is 12.9. The number of sulfone groups is 1. The number of likely N-dealkylation sites (N-methyl/N-ethyl adjacent to an activating group) is 1. The summed E-state index contributed by atoms with van der Waals surface area (Å²) in [5, 5.41) is 11.3. The molecule has 2 aromatic rings. The number of para-hydroxylation sites is 2. The number of rotatable bonds is 3. The van der Waals surface area contributed by atoms with Crippen molar-refractivity contribution in [2.45, 2.75) is 4.90 Å². The molecule has 1 aliphatic heterocycles. The summed E-state index contributed by atoms with van der Waals surface area (Å²) < 4.78 is 23.5. The average molecular weight is 389 g/mol. The fourth-order valence-corrected chi connectivity index (χ4v) is 3.71. The van der Waals surface area contributed by atoms with Crippen LogP contribution >= 0.6 is 0 Å². The highest BCUT2D eigenvalue weighted by Crippen LogP contribution is 2.34. The monoisotopic (exact) mass is 389 g/mol. The van der Waals surface area contributed by atoms with Gasteiger partial charge in [0.1, 0.15) is 11.4 Å². The zero-order valence-corrected chi connectivity index (χ0v) is 15.3. The van der Waals surface area contributed by atoms with Gasteiger partial charge >= 0.3 is 0 Å². The molecule has 0 fully saturated rings. The van der Waals surface area contributed by atoms with Crippen molar-refractivity contribution in [1.29, 1.82) is 0 Å². The number of nitro groups is 1. The maximum Gasteiger partial charge on any atom is 0.288 e. The summed E-state index contributed by atoms with van der Waals surface area (Å²) >= 11 is 0. The van der Waals surface area contributed by atoms with E-state index in [1.165, 1.54) is 15.9 Å². The third-order valence-electron chi connectivity index (χ3n) is 4.25. The van der Waals surface area contributed by atoms with Gasteiger partial charge in [0, 0.05) is 24.9 Å². The number of hydrogen-bond acceptors (Lipinski definition) is 6. The standard InChI is InChI=1S/C17H15N3O6S/c1-18-12-5-3-4-6-13(12)19(10-16(18)21)17(22)11-7-8-15(27(2,25)26)14(9-11)20(23)24/h3-9H,10H2,1-2H3. The Morgan fingerprint density at radius 2 is 1.78 bits per heavy atom. The van der Waals surface area contributed by atoms with Crippen LogP contribution in [-0.2, 0) is 14.6 Å². The molecular weight excluding hydrogens is 374 g/mol. The number of nitro benzene ring substituents is 1. The number of hydrogen-bond donors (Lipinski definition) is 0. The molecule has 0 radical (unpaired) electrons. The Balaban J connectivity index is 2.09. The lowest BCUT2D eigenvalue weighted by Crippen LogP contribution is -2.46. The van der Waals surface area contributed by atoms with Crippen LogP contribution in [0, 0.1) is 10.1 Å². The van der Waals surface area contributed by atoms with Gasteiger partial charge in [0.25, 0.3) is 11.6 Å². The first-order valence-corrected chi connectivity index (χ1v) is 9.66. The predicted molar refractivity (Wildman–Crippen MR) is 97.7 cm³/mol. The lowest BCUT2D eigenvalue weighted by Gasteiger charge is -2.34. The molecule has 0 atom stereocenters. The largest absolute Gasteiger partial charge is 0.312 e. The smallest absolute Gasteiger partial charge is 0.288 e. The van der Waals surface area contributed by atoms with Crippen LogP contribution in [0.25, 0.3) is 0 Å². The first-order valence-electron chi connectivity index (χ1n) is 7.77. The molecule has 2 amide bonds. The quantitative estimate of drug-likeness (QED) is 0.581. The summed E-state index contributed by atoms with van der Waals surface area (Å²) in [4.78, 5) is 37.7. The Morgan fingerprint density at radius 3 is 2.37 bits per heavy atom. The number of carbonyl (C=O) groups is 2. The molecule has 0 N–H and O–H groups in total. The van der Waals surface area contributed by atoms with Gasteiger partial charge < -0.3 is 4.90 Å². The van der Waals surface area contributed by atoms with Crippen LogP contribution in [0.5, 0.6) is 0 Å². The Morgan fingerprint density at radius 1 is 1.15 bits per heavy atom. The van der Waals surface area contributed by atoms with Crippen LogP contribution in [0.4, 0.5) is 17.1 Å². The van der Waals surface area contributed by atoms with Crippen molar-refractivity contribution in [3.05, 3.63) is 58.1 Å². The summed E-state index contributed by atoms with van der Waals surface area (Å²) in [5.41, 5.74) is 0.252. The highest BCUT2D eigenvalue weighted by Gasteiger charge is 2.32. The zero-order chi connectivity index (χ0) is 19.9. The number of carbonyl (C=O) groups excluding carboxylic acids is 2. The van der Waals surface area contributed by atoms with Gasteiger partial charge in [-0.15, -0.1) is 0 Å². The van der Waals surface area contributed by atoms with Gasteiger partial charge in [0.2, 0.25) is 5.91 Å². The van der Waals surface area contributed by atoms with E-state index in [-0.39, 0.29) is 18.0 Å². The third kappa shape index (κ3) is 3.26. The summed E-state index contributed by atoms with van der Waals surface area (Å²) in [5.74, 6) is -0.948. The van der Waals surface area contributed by atoms with Crippen molar-refractivity contribution in [3.8, 4) is 0 Å². The lowest BCUT2D eigenvalue weighted by molar-refractivity contribution is -0.387. The predicted octanol–water partition coefficient (Wildman–Crippen LogP) is 1.62. The molecule has 140 valence electrons. The fraction of sp³-hybridized carbons (Fsp3) is 0.176. The molecule has 0 unspecified atom stereocenters. The number of benzene rings is 2. The minimum absolute atomic E-state index is 0.0822. The van der Waals surface area contributed by atoms with E-state index in [0.29, 0.717) is 11.4 Å². The van der Waals surface area contributed by atoms with Gasteiger partial charge in [-0.25, -0.2) is 8.42 Å². The van der Waals surface area contributed by atoms with Crippen molar-refractivity contribution in [2.24, 2.45) is 0 Å². The minimum atomic E-state index is -3.84. The second kappa shape index (κ2) is 6.47. The summed E-state index contributed by atoms with van der Waals surface area (Å²) in [7, 11) is -2.25. The second-order valence-corrected chi connectivity index (χ2v) is 8.03. The van der Waals surface area contributed by atoms with Crippen molar-refractivity contribution in [2.75, 3.05) is 29.6 Å². The highest BCUT2D eigenvalue weighted by molar-refractivity contribution is 7.90. The van der Waals surface area contributed by atoms with Gasteiger partial charge in [-0.1, -0.05) is 12.1 Å². The molecule has 0 bridgehead atoms. The molecule has 3 rings (SSSR count). The van der Waals surface area contributed by atoms with Crippen LogP contribution in [0.2, 0.25) is 0 Å². The lowest BCUT2D eigenvalue weighted by atomic mass is 10.1. The molecule has 0 spiro atoms. The molecular formula is C17H15N3O6S. The zero-order valence-electron chi connectivity index (χ0n) is 14.4. The average Bonchev–Trinajstić information content (AvgIpc) is 2.63. The summed E-state index contributed by atoms with van der Waals surface area (Å²) in [6, 6.07) is 9.93. The van der Waals surface area contributed by atoms with E-state index >= 15 is 0 Å². The van der Waals surface area contributed by atoms with E-state index in [4.69, 9.17) is 0 Å². The topological polar surface area (TPSA) is 118 Å². The molecule has 0 saturated carbocycles. The van der Waals surface area contributed by atoms with Gasteiger partial charge in [-0.3, -0.25) is 24.6 Å². The normalized spacial score (nSPS) is 14.1.